The van der Waals surface area contributed by atoms with Crippen LogP contribution >= 0.6 is 11.3 Å². The van der Waals surface area contributed by atoms with Crippen molar-refractivity contribution >= 4 is 33.5 Å². The number of ether oxygens (including phenoxy) is 2. The Bertz CT molecular complexity index is 712. The van der Waals surface area contributed by atoms with Gasteiger partial charge in [0, 0.05) is 16.0 Å². The summed E-state index contributed by atoms with van der Waals surface area (Å²) in [4.78, 5) is 25.5. The summed E-state index contributed by atoms with van der Waals surface area (Å²) in [6, 6.07) is 9.26. The molecular formula is C19H25NO4S. The van der Waals surface area contributed by atoms with Gasteiger partial charge in [-0.1, -0.05) is 18.2 Å². The lowest BCUT2D eigenvalue weighted by Crippen LogP contribution is -2.45. The number of rotatable bonds is 5. The topological polar surface area (TPSA) is 64.6 Å². The highest BCUT2D eigenvalue weighted by Gasteiger charge is 2.27. The first-order valence-electron chi connectivity index (χ1n) is 8.31. The normalized spacial score (nSPS) is 12.9. The molecule has 0 fully saturated rings. The Morgan fingerprint density at radius 3 is 2.48 bits per heavy atom. The third kappa shape index (κ3) is 6.05. The zero-order chi connectivity index (χ0) is 18.6. The van der Waals surface area contributed by atoms with Gasteiger partial charge in [-0.15, -0.1) is 11.3 Å². The molecule has 0 spiro atoms. The van der Waals surface area contributed by atoms with E-state index in [4.69, 9.17) is 9.47 Å². The first-order chi connectivity index (χ1) is 11.6. The Balaban J connectivity index is 2.15. The summed E-state index contributed by atoms with van der Waals surface area (Å²) < 4.78 is 11.7. The fourth-order valence-corrected chi connectivity index (χ4v) is 3.41. The molecule has 1 amide bonds. The van der Waals surface area contributed by atoms with Gasteiger partial charge in [0.05, 0.1) is 6.10 Å². The van der Waals surface area contributed by atoms with Crippen molar-refractivity contribution in [1.29, 1.82) is 0 Å². The molecule has 1 aromatic carbocycles. The molecule has 0 saturated carbocycles. The van der Waals surface area contributed by atoms with Crippen molar-refractivity contribution in [2.24, 2.45) is 0 Å². The van der Waals surface area contributed by atoms with Gasteiger partial charge in [0.25, 0.3) is 0 Å². The summed E-state index contributed by atoms with van der Waals surface area (Å²) in [6.45, 7) is 8.89. The van der Waals surface area contributed by atoms with E-state index < -0.39 is 23.7 Å². The van der Waals surface area contributed by atoms with Gasteiger partial charge in [0.15, 0.2) is 0 Å². The second-order valence-corrected chi connectivity index (χ2v) is 8.31. The first kappa shape index (κ1) is 19.2. The van der Waals surface area contributed by atoms with E-state index in [-0.39, 0.29) is 6.10 Å². The standard InChI is InChI=1S/C19H25NO4S/c1-12(2)23-17(21)15(20-18(22)24-19(3,4)5)11-14-10-13-8-6-7-9-16(13)25-14/h6-10,12,15H,11H2,1-5H3,(H,20,22)/t15-/m1/s1. The first-order valence-corrected chi connectivity index (χ1v) is 9.13. The molecule has 136 valence electrons. The van der Waals surface area contributed by atoms with Crippen LogP contribution in [0.15, 0.2) is 30.3 Å². The second kappa shape index (κ2) is 7.87. The summed E-state index contributed by atoms with van der Waals surface area (Å²) in [5.74, 6) is -0.460. The van der Waals surface area contributed by atoms with Crippen molar-refractivity contribution in [1.82, 2.24) is 5.32 Å². The molecule has 1 heterocycles. The van der Waals surface area contributed by atoms with Crippen molar-refractivity contribution in [2.75, 3.05) is 0 Å². The predicted molar refractivity (Wildman–Crippen MR) is 99.9 cm³/mol. The fourth-order valence-electron chi connectivity index (χ4n) is 2.30. The number of carbonyl (C=O) groups excluding carboxylic acids is 2. The van der Waals surface area contributed by atoms with Crippen LogP contribution in [0.5, 0.6) is 0 Å². The minimum atomic E-state index is -0.787. The molecular weight excluding hydrogens is 338 g/mol. The molecule has 0 aliphatic carbocycles. The highest BCUT2D eigenvalue weighted by Crippen LogP contribution is 2.26. The maximum atomic E-state index is 12.4. The molecule has 2 aromatic rings. The van der Waals surface area contributed by atoms with Crippen molar-refractivity contribution < 1.29 is 19.1 Å². The number of benzene rings is 1. The maximum Gasteiger partial charge on any atom is 0.408 e. The number of esters is 1. The molecule has 1 atom stereocenters. The molecule has 1 N–H and O–H groups in total. The maximum absolute atomic E-state index is 12.4. The number of alkyl carbamates (subject to hydrolysis) is 1. The predicted octanol–water partition coefficient (Wildman–Crippen LogP) is 4.29. The zero-order valence-corrected chi connectivity index (χ0v) is 16.1. The molecule has 0 radical (unpaired) electrons. The van der Waals surface area contributed by atoms with E-state index in [1.54, 1.807) is 46.0 Å². The number of fused-ring (bicyclic) bond motifs is 1. The number of carbonyl (C=O) groups is 2. The average Bonchev–Trinajstić information content (AvgIpc) is 2.86. The van der Waals surface area contributed by atoms with Crippen molar-refractivity contribution in [3.63, 3.8) is 0 Å². The molecule has 0 bridgehead atoms. The molecule has 0 unspecified atom stereocenters. The van der Waals surface area contributed by atoms with Crippen LogP contribution in [0.4, 0.5) is 4.79 Å². The minimum Gasteiger partial charge on any atom is -0.461 e. The Labute approximate surface area is 152 Å². The molecule has 0 saturated heterocycles. The summed E-state index contributed by atoms with van der Waals surface area (Å²) >= 11 is 1.60. The van der Waals surface area contributed by atoms with E-state index in [0.29, 0.717) is 6.42 Å². The zero-order valence-electron chi connectivity index (χ0n) is 15.3. The molecule has 0 aliphatic heterocycles. The summed E-state index contributed by atoms with van der Waals surface area (Å²) in [5, 5.41) is 3.76. The van der Waals surface area contributed by atoms with Crippen LogP contribution in [0.25, 0.3) is 10.1 Å². The van der Waals surface area contributed by atoms with E-state index in [1.165, 1.54) is 0 Å². The quantitative estimate of drug-likeness (QED) is 0.805. The van der Waals surface area contributed by atoms with Gasteiger partial charge >= 0.3 is 12.1 Å². The van der Waals surface area contributed by atoms with Crippen molar-refractivity contribution in [3.8, 4) is 0 Å². The van der Waals surface area contributed by atoms with E-state index in [0.717, 1.165) is 15.0 Å². The number of amides is 1. The Hall–Kier alpha value is -2.08. The van der Waals surface area contributed by atoms with Crippen LogP contribution in [-0.4, -0.2) is 29.8 Å². The lowest BCUT2D eigenvalue weighted by Gasteiger charge is -2.23. The van der Waals surface area contributed by atoms with Crippen LogP contribution < -0.4 is 5.32 Å². The SMILES string of the molecule is CC(C)OC(=O)[C@@H](Cc1cc2ccccc2s1)NC(=O)OC(C)(C)C. The summed E-state index contributed by atoms with van der Waals surface area (Å²) in [6.07, 6.45) is -0.512. The molecule has 2 rings (SSSR count). The number of nitrogens with one attached hydrogen (secondary N) is 1. The van der Waals surface area contributed by atoms with Crippen LogP contribution in [0, 0.1) is 0 Å². The Morgan fingerprint density at radius 2 is 1.88 bits per heavy atom. The molecule has 25 heavy (non-hydrogen) atoms. The molecule has 6 heteroatoms. The average molecular weight is 363 g/mol. The summed E-state index contributed by atoms with van der Waals surface area (Å²) in [5.41, 5.74) is -0.631. The van der Waals surface area contributed by atoms with Gasteiger partial charge in [-0.25, -0.2) is 9.59 Å². The molecule has 5 nitrogen and oxygen atoms in total. The number of thiophene rings is 1. The van der Waals surface area contributed by atoms with Crippen LogP contribution in [-0.2, 0) is 20.7 Å². The lowest BCUT2D eigenvalue weighted by atomic mass is 10.1. The third-order valence-corrected chi connectivity index (χ3v) is 4.35. The van der Waals surface area contributed by atoms with E-state index >= 15 is 0 Å². The monoisotopic (exact) mass is 363 g/mol. The van der Waals surface area contributed by atoms with Gasteiger partial charge in [-0.2, -0.15) is 0 Å². The Kier molecular flexibility index (Phi) is 6.06. The van der Waals surface area contributed by atoms with Gasteiger partial charge < -0.3 is 14.8 Å². The molecule has 1 aromatic heterocycles. The largest absolute Gasteiger partial charge is 0.461 e. The van der Waals surface area contributed by atoms with Gasteiger partial charge in [-0.3, -0.25) is 0 Å². The minimum absolute atomic E-state index is 0.252. The van der Waals surface area contributed by atoms with Gasteiger partial charge in [-0.05, 0) is 52.1 Å². The smallest absolute Gasteiger partial charge is 0.408 e. The van der Waals surface area contributed by atoms with E-state index in [1.807, 2.05) is 30.3 Å². The van der Waals surface area contributed by atoms with Crippen molar-refractivity contribution in [3.05, 3.63) is 35.2 Å². The lowest BCUT2D eigenvalue weighted by molar-refractivity contribution is -0.149. The Morgan fingerprint density at radius 1 is 1.20 bits per heavy atom. The fraction of sp³-hybridized carbons (Fsp3) is 0.474. The third-order valence-electron chi connectivity index (χ3n) is 3.21. The number of hydrogen-bond acceptors (Lipinski definition) is 5. The second-order valence-electron chi connectivity index (χ2n) is 7.14. The van der Waals surface area contributed by atoms with Crippen LogP contribution in [0.2, 0.25) is 0 Å². The van der Waals surface area contributed by atoms with Crippen LogP contribution in [0.3, 0.4) is 0 Å². The highest BCUT2D eigenvalue weighted by molar-refractivity contribution is 7.19. The van der Waals surface area contributed by atoms with E-state index in [2.05, 4.69) is 5.32 Å². The molecule has 0 aliphatic rings. The van der Waals surface area contributed by atoms with E-state index in [9.17, 15) is 9.59 Å². The number of hydrogen-bond donors (Lipinski definition) is 1. The van der Waals surface area contributed by atoms with Gasteiger partial charge in [0.2, 0.25) is 0 Å². The van der Waals surface area contributed by atoms with Crippen molar-refractivity contribution in [2.45, 2.75) is 58.8 Å². The van der Waals surface area contributed by atoms with Gasteiger partial charge in [0.1, 0.15) is 11.6 Å². The highest BCUT2D eigenvalue weighted by atomic mass is 32.1. The summed E-state index contributed by atoms with van der Waals surface area (Å²) in [7, 11) is 0. The van der Waals surface area contributed by atoms with Crippen LogP contribution in [0.1, 0.15) is 39.5 Å².